The van der Waals surface area contributed by atoms with Crippen molar-refractivity contribution in [2.45, 2.75) is 13.3 Å². The highest BCUT2D eigenvalue weighted by molar-refractivity contribution is 9.11. The van der Waals surface area contributed by atoms with Gasteiger partial charge in [-0.25, -0.2) is 4.99 Å². The number of carbonyl (C=O) groups excluding carboxylic acids is 2. The maximum atomic E-state index is 13.4. The second kappa shape index (κ2) is 8.52. The van der Waals surface area contributed by atoms with Crippen molar-refractivity contribution in [1.82, 2.24) is 0 Å². The lowest BCUT2D eigenvalue weighted by Gasteiger charge is -2.32. The summed E-state index contributed by atoms with van der Waals surface area (Å²) < 4.78 is 6.70. The quantitative estimate of drug-likeness (QED) is 0.493. The van der Waals surface area contributed by atoms with Crippen molar-refractivity contribution in [3.63, 3.8) is 0 Å². The van der Waals surface area contributed by atoms with E-state index in [-0.39, 0.29) is 24.8 Å². The molecular weight excluding hydrogens is 490 g/mol. The summed E-state index contributed by atoms with van der Waals surface area (Å²) in [5.41, 5.74) is 3.83. The lowest BCUT2D eigenvalue weighted by Crippen LogP contribution is -2.46. The van der Waals surface area contributed by atoms with Crippen molar-refractivity contribution in [1.29, 1.82) is 0 Å². The SMILES string of the molecule is Cc1ccc2c(c1)N(C(=O)CN1C(=O)CC(c3ccc(Br)s3)=Nc3ccccc31)CCO2. The molecule has 1 aromatic heterocycles. The van der Waals surface area contributed by atoms with E-state index in [1.807, 2.05) is 61.5 Å². The molecule has 0 fully saturated rings. The van der Waals surface area contributed by atoms with Crippen molar-refractivity contribution in [2.24, 2.45) is 4.99 Å². The molecule has 0 bridgehead atoms. The van der Waals surface area contributed by atoms with Crippen LogP contribution in [0.15, 0.2) is 63.4 Å². The number of amides is 2. The fourth-order valence-electron chi connectivity index (χ4n) is 3.94. The largest absolute Gasteiger partial charge is 0.490 e. The predicted molar refractivity (Wildman–Crippen MR) is 131 cm³/mol. The van der Waals surface area contributed by atoms with E-state index in [9.17, 15) is 9.59 Å². The zero-order valence-corrected chi connectivity index (χ0v) is 19.8. The molecule has 0 saturated heterocycles. The van der Waals surface area contributed by atoms with Gasteiger partial charge in [0.05, 0.1) is 44.4 Å². The Bertz CT molecular complexity index is 1250. The van der Waals surface area contributed by atoms with Crippen LogP contribution in [0.25, 0.3) is 0 Å². The summed E-state index contributed by atoms with van der Waals surface area (Å²) in [6.07, 6.45) is 0.133. The van der Waals surface area contributed by atoms with Gasteiger partial charge in [0.15, 0.2) is 0 Å². The number of aryl methyl sites for hydroxylation is 1. The molecule has 8 heteroatoms. The van der Waals surface area contributed by atoms with Crippen LogP contribution in [0.4, 0.5) is 17.1 Å². The van der Waals surface area contributed by atoms with Gasteiger partial charge in [0.25, 0.3) is 0 Å². The molecular formula is C24H20BrN3O3S. The van der Waals surface area contributed by atoms with Crippen LogP contribution in [-0.4, -0.2) is 37.2 Å². The van der Waals surface area contributed by atoms with Crippen LogP contribution in [0.2, 0.25) is 0 Å². The highest BCUT2D eigenvalue weighted by atomic mass is 79.9. The molecule has 32 heavy (non-hydrogen) atoms. The first kappa shape index (κ1) is 20.9. The number of thiophene rings is 1. The van der Waals surface area contributed by atoms with Gasteiger partial charge >= 0.3 is 0 Å². The average Bonchev–Trinajstić information content (AvgIpc) is 3.17. The summed E-state index contributed by atoms with van der Waals surface area (Å²) in [6, 6.07) is 17.2. The normalized spacial score (nSPS) is 15.4. The zero-order chi connectivity index (χ0) is 22.2. The standard InChI is InChI=1S/C24H20BrN3O3S/c1-15-6-7-20-19(12-15)27(10-11-31-20)24(30)14-28-18-5-3-2-4-16(18)26-17(13-23(28)29)21-8-9-22(25)32-21/h2-9,12H,10-11,13-14H2,1H3. The van der Waals surface area contributed by atoms with E-state index >= 15 is 0 Å². The molecule has 0 unspecified atom stereocenters. The lowest BCUT2D eigenvalue weighted by atomic mass is 10.1. The van der Waals surface area contributed by atoms with Crippen LogP contribution in [0.3, 0.4) is 0 Å². The third-order valence-corrected chi connectivity index (χ3v) is 7.15. The maximum absolute atomic E-state index is 13.4. The van der Waals surface area contributed by atoms with Crippen LogP contribution < -0.4 is 14.5 Å². The first-order valence-electron chi connectivity index (χ1n) is 10.3. The molecule has 3 aromatic rings. The Morgan fingerprint density at radius 1 is 1.16 bits per heavy atom. The number of nitrogens with zero attached hydrogens (tertiary/aromatic N) is 3. The number of halogens is 1. The first-order chi connectivity index (χ1) is 15.5. The third kappa shape index (κ3) is 3.96. The Hall–Kier alpha value is -2.97. The summed E-state index contributed by atoms with van der Waals surface area (Å²) in [5.74, 6) is 0.390. The van der Waals surface area contributed by atoms with Crippen LogP contribution in [-0.2, 0) is 9.59 Å². The molecule has 0 aliphatic carbocycles. The molecule has 2 amide bonds. The van der Waals surface area contributed by atoms with Crippen LogP contribution in [0.1, 0.15) is 16.9 Å². The first-order valence-corrected chi connectivity index (χ1v) is 11.9. The fourth-order valence-corrected chi connectivity index (χ4v) is 5.31. The Morgan fingerprint density at radius 2 is 2.00 bits per heavy atom. The minimum Gasteiger partial charge on any atom is -0.490 e. The van der Waals surface area contributed by atoms with Crippen molar-refractivity contribution in [3.8, 4) is 5.75 Å². The van der Waals surface area contributed by atoms with E-state index in [0.29, 0.717) is 36.0 Å². The van der Waals surface area contributed by atoms with Gasteiger partial charge in [0, 0.05) is 0 Å². The van der Waals surface area contributed by atoms with E-state index in [1.54, 1.807) is 9.80 Å². The second-order valence-corrected chi connectivity index (χ2v) is 10.1. The molecule has 2 aliphatic rings. The van der Waals surface area contributed by atoms with E-state index in [1.165, 1.54) is 11.3 Å². The summed E-state index contributed by atoms with van der Waals surface area (Å²) in [5, 5.41) is 0. The van der Waals surface area contributed by atoms with Gasteiger partial charge in [-0.05, 0) is 64.8 Å². The Morgan fingerprint density at radius 3 is 2.81 bits per heavy atom. The van der Waals surface area contributed by atoms with Gasteiger partial charge in [-0.3, -0.25) is 9.59 Å². The number of benzene rings is 2. The number of carbonyl (C=O) groups is 2. The zero-order valence-electron chi connectivity index (χ0n) is 17.4. The summed E-state index contributed by atoms with van der Waals surface area (Å²) in [6.45, 7) is 2.80. The van der Waals surface area contributed by atoms with E-state index in [0.717, 1.165) is 19.9 Å². The molecule has 5 rings (SSSR count). The predicted octanol–water partition coefficient (Wildman–Crippen LogP) is 5.10. The summed E-state index contributed by atoms with van der Waals surface area (Å²) >= 11 is 5.02. The van der Waals surface area contributed by atoms with Gasteiger partial charge in [0.1, 0.15) is 18.9 Å². The van der Waals surface area contributed by atoms with Crippen LogP contribution >= 0.6 is 27.3 Å². The summed E-state index contributed by atoms with van der Waals surface area (Å²) in [4.78, 5) is 35.7. The van der Waals surface area contributed by atoms with Crippen molar-refractivity contribution >= 4 is 61.9 Å². The Labute approximate surface area is 198 Å². The molecule has 0 spiro atoms. The second-order valence-electron chi connectivity index (χ2n) is 7.67. The number of rotatable bonds is 3. The van der Waals surface area contributed by atoms with Gasteiger partial charge in [-0.1, -0.05) is 18.2 Å². The van der Waals surface area contributed by atoms with Gasteiger partial charge in [-0.15, -0.1) is 11.3 Å². The molecule has 0 N–H and O–H groups in total. The molecule has 162 valence electrons. The van der Waals surface area contributed by atoms with Crippen molar-refractivity contribution in [2.75, 3.05) is 29.5 Å². The topological polar surface area (TPSA) is 62.2 Å². The molecule has 6 nitrogen and oxygen atoms in total. The number of hydrogen-bond acceptors (Lipinski definition) is 5. The van der Waals surface area contributed by atoms with Gasteiger partial charge < -0.3 is 14.5 Å². The number of ether oxygens (including phenoxy) is 1. The third-order valence-electron chi connectivity index (χ3n) is 5.48. The van der Waals surface area contributed by atoms with Gasteiger partial charge in [0.2, 0.25) is 11.8 Å². The minimum atomic E-state index is -0.149. The molecule has 2 aliphatic heterocycles. The lowest BCUT2D eigenvalue weighted by molar-refractivity contribution is -0.122. The highest BCUT2D eigenvalue weighted by Crippen LogP contribution is 2.36. The molecule has 0 atom stereocenters. The minimum absolute atomic E-state index is 0.0554. The number of fused-ring (bicyclic) bond motifs is 2. The van der Waals surface area contributed by atoms with Crippen molar-refractivity contribution < 1.29 is 14.3 Å². The molecule has 3 heterocycles. The molecule has 2 aromatic carbocycles. The fraction of sp³-hybridized carbons (Fsp3) is 0.208. The van der Waals surface area contributed by atoms with Crippen molar-refractivity contribution in [3.05, 3.63) is 68.8 Å². The van der Waals surface area contributed by atoms with Crippen LogP contribution in [0, 0.1) is 6.92 Å². The van der Waals surface area contributed by atoms with Gasteiger partial charge in [-0.2, -0.15) is 0 Å². The monoisotopic (exact) mass is 509 g/mol. The molecule has 0 radical (unpaired) electrons. The maximum Gasteiger partial charge on any atom is 0.247 e. The van der Waals surface area contributed by atoms with E-state index in [4.69, 9.17) is 9.73 Å². The number of para-hydroxylation sites is 2. The van der Waals surface area contributed by atoms with Crippen LogP contribution in [0.5, 0.6) is 5.75 Å². The number of anilines is 2. The smallest absolute Gasteiger partial charge is 0.247 e. The highest BCUT2D eigenvalue weighted by Gasteiger charge is 2.31. The average molecular weight is 510 g/mol. The Kier molecular flexibility index (Phi) is 5.57. The number of aliphatic imine (C=N–C) groups is 1. The Balaban J connectivity index is 1.46. The summed E-state index contributed by atoms with van der Waals surface area (Å²) in [7, 11) is 0. The number of hydrogen-bond donors (Lipinski definition) is 0. The molecule has 0 saturated carbocycles. The van der Waals surface area contributed by atoms with E-state index < -0.39 is 0 Å². The van der Waals surface area contributed by atoms with E-state index in [2.05, 4.69) is 15.9 Å².